The maximum absolute atomic E-state index is 5.46. The Morgan fingerprint density at radius 2 is 2.07 bits per heavy atom. The number of likely N-dealkylation sites (tertiary alicyclic amines) is 1. The van der Waals surface area contributed by atoms with Gasteiger partial charge in [0, 0.05) is 19.3 Å². The zero-order valence-electron chi connectivity index (χ0n) is 17.8. The van der Waals surface area contributed by atoms with E-state index in [-0.39, 0.29) is 0 Å². The monoisotopic (exact) mass is 423 g/mol. The van der Waals surface area contributed by atoms with Crippen LogP contribution in [0.15, 0.2) is 46.3 Å². The van der Waals surface area contributed by atoms with Gasteiger partial charge in [0.2, 0.25) is 5.82 Å². The molecule has 1 spiro atoms. The molecule has 3 heterocycles. The Labute approximate surface area is 182 Å². The van der Waals surface area contributed by atoms with E-state index in [0.29, 0.717) is 11.2 Å². The van der Waals surface area contributed by atoms with Gasteiger partial charge in [-0.25, -0.2) is 4.98 Å². The van der Waals surface area contributed by atoms with Crippen molar-refractivity contribution in [2.24, 2.45) is 12.5 Å². The van der Waals surface area contributed by atoms with Crippen LogP contribution in [0.25, 0.3) is 11.6 Å². The van der Waals surface area contributed by atoms with Crippen LogP contribution in [-0.2, 0) is 7.05 Å². The molecule has 2 atom stereocenters. The minimum atomic E-state index is 0.530. The zero-order valence-corrected chi connectivity index (χ0v) is 18.6. The minimum Gasteiger partial charge on any atom is -0.440 e. The van der Waals surface area contributed by atoms with E-state index in [1.54, 1.807) is 17.3 Å². The van der Waals surface area contributed by atoms with Gasteiger partial charge in [-0.15, -0.1) is 10.2 Å². The Bertz CT molecular complexity index is 1000. The van der Waals surface area contributed by atoms with Crippen LogP contribution in [-0.4, -0.2) is 50.0 Å². The second kappa shape index (κ2) is 8.19. The van der Waals surface area contributed by atoms with Crippen LogP contribution in [0.2, 0.25) is 0 Å². The van der Waals surface area contributed by atoms with E-state index in [1.807, 2.05) is 18.5 Å². The van der Waals surface area contributed by atoms with E-state index in [4.69, 9.17) is 4.42 Å². The first-order valence-corrected chi connectivity index (χ1v) is 11.8. The molecule has 0 amide bonds. The summed E-state index contributed by atoms with van der Waals surface area (Å²) in [7, 11) is 1.99. The second-order valence-electron chi connectivity index (χ2n) is 8.72. The maximum Gasteiger partial charge on any atom is 0.202 e. The molecule has 3 aromatic rings. The summed E-state index contributed by atoms with van der Waals surface area (Å²) in [5.41, 5.74) is 2.91. The Kier molecular flexibility index (Phi) is 5.41. The number of thioether (sulfide) groups is 1. The predicted octanol–water partition coefficient (Wildman–Crippen LogP) is 4.53. The zero-order chi connectivity index (χ0) is 20.6. The van der Waals surface area contributed by atoms with Gasteiger partial charge in [0.05, 0.1) is 5.69 Å². The van der Waals surface area contributed by atoms with Crippen LogP contribution in [0.4, 0.5) is 0 Å². The number of hydrogen-bond donors (Lipinski definition) is 0. The highest BCUT2D eigenvalue weighted by atomic mass is 32.2. The lowest BCUT2D eigenvalue weighted by Crippen LogP contribution is -2.41. The molecule has 2 aromatic heterocycles. The van der Waals surface area contributed by atoms with Crippen LogP contribution in [0.5, 0.6) is 0 Å². The smallest absolute Gasteiger partial charge is 0.202 e. The lowest BCUT2D eigenvalue weighted by Gasteiger charge is -2.48. The van der Waals surface area contributed by atoms with Gasteiger partial charge >= 0.3 is 0 Å². The van der Waals surface area contributed by atoms with Crippen molar-refractivity contribution in [3.05, 3.63) is 48.0 Å². The maximum atomic E-state index is 5.46. The molecule has 0 unspecified atom stereocenters. The molecule has 158 valence electrons. The summed E-state index contributed by atoms with van der Waals surface area (Å²) in [6.45, 7) is 5.60. The normalized spacial score (nSPS) is 23.9. The molecule has 5 rings (SSSR count). The molecule has 0 N–H and O–H groups in total. The lowest BCUT2D eigenvalue weighted by atomic mass is 9.57. The average molecular weight is 424 g/mol. The summed E-state index contributed by atoms with van der Waals surface area (Å²) in [4.78, 5) is 6.83. The van der Waals surface area contributed by atoms with Gasteiger partial charge < -0.3 is 13.9 Å². The number of benzene rings is 1. The van der Waals surface area contributed by atoms with Crippen molar-refractivity contribution in [1.82, 2.24) is 24.6 Å². The Balaban J connectivity index is 1.11. The SMILES string of the molecule is Cc1ncoc1-c1nnc(SCCCN2CC[C@@]3(CC[C@H]3c3ccccc3)C2)n1C. The van der Waals surface area contributed by atoms with Crippen LogP contribution in [0, 0.1) is 12.3 Å². The van der Waals surface area contributed by atoms with Crippen molar-refractivity contribution in [2.45, 2.75) is 43.7 Å². The van der Waals surface area contributed by atoms with E-state index in [2.05, 4.69) is 50.4 Å². The fraction of sp³-hybridized carbons (Fsp3) is 0.522. The van der Waals surface area contributed by atoms with Gasteiger partial charge in [-0.2, -0.15) is 0 Å². The van der Waals surface area contributed by atoms with Crippen LogP contribution in [0.1, 0.15) is 42.9 Å². The molecule has 1 saturated carbocycles. The van der Waals surface area contributed by atoms with Gasteiger partial charge in [-0.3, -0.25) is 0 Å². The average Bonchev–Trinajstić information content (AvgIpc) is 3.45. The molecule has 30 heavy (non-hydrogen) atoms. The van der Waals surface area contributed by atoms with Crippen molar-refractivity contribution in [3.63, 3.8) is 0 Å². The molecule has 1 aromatic carbocycles. The first-order valence-electron chi connectivity index (χ1n) is 10.9. The molecule has 1 saturated heterocycles. The van der Waals surface area contributed by atoms with Gasteiger partial charge in [0.25, 0.3) is 0 Å². The highest BCUT2D eigenvalue weighted by Crippen LogP contribution is 2.57. The molecular formula is C23H29N5OS. The largest absolute Gasteiger partial charge is 0.440 e. The molecule has 0 radical (unpaired) electrons. The first-order chi connectivity index (χ1) is 14.7. The fourth-order valence-electron chi connectivity index (χ4n) is 5.17. The summed E-state index contributed by atoms with van der Waals surface area (Å²) >= 11 is 1.77. The van der Waals surface area contributed by atoms with E-state index in [0.717, 1.165) is 28.3 Å². The molecule has 6 nitrogen and oxygen atoms in total. The quantitative estimate of drug-likeness (QED) is 0.411. The summed E-state index contributed by atoms with van der Waals surface area (Å²) in [6.07, 6.45) is 6.72. The van der Waals surface area contributed by atoms with Crippen molar-refractivity contribution in [2.75, 3.05) is 25.4 Å². The molecule has 1 aliphatic carbocycles. The van der Waals surface area contributed by atoms with Crippen LogP contribution >= 0.6 is 11.8 Å². The molecule has 1 aliphatic heterocycles. The van der Waals surface area contributed by atoms with Crippen molar-refractivity contribution >= 4 is 11.8 Å². The number of nitrogens with zero attached hydrogens (tertiary/aromatic N) is 5. The summed E-state index contributed by atoms with van der Waals surface area (Å²) in [5, 5.41) is 9.58. The van der Waals surface area contributed by atoms with Gasteiger partial charge in [0.15, 0.2) is 17.3 Å². The standard InChI is InChI=1S/C23H29N5OS/c1-17-20(29-16-24-17)21-25-26-22(27(21)2)30-14-6-12-28-13-11-23(15-28)10-9-19(23)18-7-4-3-5-8-18/h3-5,7-8,16,19H,6,9-15H2,1-2H3/t19-,23-/m0/s1. The third-order valence-corrected chi connectivity index (χ3v) is 8.08. The fourth-order valence-corrected chi connectivity index (χ4v) is 6.01. The summed E-state index contributed by atoms with van der Waals surface area (Å²) < 4.78 is 7.47. The van der Waals surface area contributed by atoms with Crippen molar-refractivity contribution in [1.29, 1.82) is 0 Å². The number of aromatic nitrogens is 4. The number of oxazole rings is 1. The lowest BCUT2D eigenvalue weighted by molar-refractivity contribution is 0.0973. The van der Waals surface area contributed by atoms with E-state index in [1.165, 1.54) is 51.7 Å². The third-order valence-electron chi connectivity index (χ3n) is 6.97. The van der Waals surface area contributed by atoms with E-state index < -0.39 is 0 Å². The van der Waals surface area contributed by atoms with Gasteiger partial charge in [-0.05, 0) is 62.6 Å². The van der Waals surface area contributed by atoms with Crippen LogP contribution in [0.3, 0.4) is 0 Å². The topological polar surface area (TPSA) is 60.0 Å². The van der Waals surface area contributed by atoms with Crippen molar-refractivity contribution in [3.8, 4) is 11.6 Å². The summed E-state index contributed by atoms with van der Waals surface area (Å²) in [5.74, 6) is 3.25. The predicted molar refractivity (Wildman–Crippen MR) is 118 cm³/mol. The molecule has 0 bridgehead atoms. The molecular weight excluding hydrogens is 394 g/mol. The highest BCUT2D eigenvalue weighted by Gasteiger charge is 2.50. The second-order valence-corrected chi connectivity index (χ2v) is 9.79. The molecule has 2 aliphatic rings. The Morgan fingerprint density at radius 1 is 1.20 bits per heavy atom. The van der Waals surface area contributed by atoms with Gasteiger partial charge in [-0.1, -0.05) is 42.1 Å². The molecule has 7 heteroatoms. The van der Waals surface area contributed by atoms with Gasteiger partial charge in [0.1, 0.15) is 0 Å². The minimum absolute atomic E-state index is 0.530. The Hall–Kier alpha value is -2.12. The third kappa shape index (κ3) is 3.58. The summed E-state index contributed by atoms with van der Waals surface area (Å²) in [6, 6.07) is 11.1. The highest BCUT2D eigenvalue weighted by molar-refractivity contribution is 7.99. The van der Waals surface area contributed by atoms with Crippen LogP contribution < -0.4 is 0 Å². The van der Waals surface area contributed by atoms with E-state index >= 15 is 0 Å². The molecule has 2 fully saturated rings. The first kappa shape index (κ1) is 19.8. The van der Waals surface area contributed by atoms with Crippen molar-refractivity contribution < 1.29 is 4.42 Å². The van der Waals surface area contributed by atoms with E-state index in [9.17, 15) is 0 Å². The number of hydrogen-bond acceptors (Lipinski definition) is 6. The number of aryl methyl sites for hydroxylation is 1. The number of rotatable bonds is 7. The Morgan fingerprint density at radius 3 is 2.80 bits per heavy atom.